The Labute approximate surface area is 151 Å². The molecule has 1 saturated carbocycles. The van der Waals surface area contributed by atoms with Gasteiger partial charge in [0.25, 0.3) is 0 Å². The lowest BCUT2D eigenvalue weighted by molar-refractivity contribution is 0.0951. The molecule has 0 spiro atoms. The zero-order chi connectivity index (χ0) is 18.3. The van der Waals surface area contributed by atoms with Gasteiger partial charge in [-0.2, -0.15) is 0 Å². The van der Waals surface area contributed by atoms with Crippen molar-refractivity contribution in [2.75, 3.05) is 6.61 Å². The largest absolute Gasteiger partial charge is 0.396 e. The van der Waals surface area contributed by atoms with Crippen molar-refractivity contribution >= 4 is 11.4 Å². The highest BCUT2D eigenvalue weighted by Crippen LogP contribution is 2.37. The number of aliphatic hydroxyl groups is 1. The highest BCUT2D eigenvalue weighted by atomic mass is 19.1. The van der Waals surface area contributed by atoms with Crippen molar-refractivity contribution in [3.8, 4) is 11.1 Å². The number of aliphatic hydroxyl groups excluding tert-OH is 1. The standard InChI is InChI=1S/C21H21FN2O2/c1-13-20(21(26)17-11-18(17)22)24-12-15(8-9-19(24)23-13)16-7-3-2-5-14(16)6-4-10-25/h2-3,5,7-9,12,17-18,25H,4,6,10-11H2,1H3/t17-,18+/m1/s1. The van der Waals surface area contributed by atoms with Crippen LogP contribution in [-0.4, -0.2) is 33.1 Å². The zero-order valence-electron chi connectivity index (χ0n) is 14.7. The van der Waals surface area contributed by atoms with Crippen molar-refractivity contribution in [3.63, 3.8) is 0 Å². The first-order chi connectivity index (χ1) is 12.6. The van der Waals surface area contributed by atoms with E-state index in [1.54, 1.807) is 11.3 Å². The minimum absolute atomic E-state index is 0.151. The van der Waals surface area contributed by atoms with Crippen LogP contribution >= 0.6 is 0 Å². The molecule has 0 bridgehead atoms. The zero-order valence-corrected chi connectivity index (χ0v) is 14.7. The lowest BCUT2D eigenvalue weighted by atomic mass is 9.98. The maximum atomic E-state index is 13.4. The smallest absolute Gasteiger partial charge is 0.187 e. The lowest BCUT2D eigenvalue weighted by Crippen LogP contribution is -2.09. The summed E-state index contributed by atoms with van der Waals surface area (Å²) >= 11 is 0. The molecule has 2 aromatic heterocycles. The van der Waals surface area contributed by atoms with Crippen LogP contribution in [0.25, 0.3) is 16.8 Å². The number of fused-ring (bicyclic) bond motifs is 1. The molecule has 2 atom stereocenters. The number of carbonyl (C=O) groups excluding carboxylic acids is 1. The molecule has 1 fully saturated rings. The molecule has 5 heteroatoms. The maximum absolute atomic E-state index is 13.4. The van der Waals surface area contributed by atoms with Gasteiger partial charge in [0.05, 0.1) is 11.6 Å². The molecule has 0 amide bonds. The molecule has 1 aliphatic rings. The van der Waals surface area contributed by atoms with Crippen LogP contribution < -0.4 is 0 Å². The summed E-state index contributed by atoms with van der Waals surface area (Å²) in [5.41, 5.74) is 5.02. The van der Waals surface area contributed by atoms with Crippen LogP contribution in [0.1, 0.15) is 34.6 Å². The number of hydrogen-bond donors (Lipinski definition) is 1. The number of benzene rings is 1. The Morgan fingerprint density at radius 2 is 2.08 bits per heavy atom. The molecule has 4 nitrogen and oxygen atoms in total. The topological polar surface area (TPSA) is 54.6 Å². The molecule has 0 radical (unpaired) electrons. The molecule has 1 aromatic carbocycles. The number of imidazole rings is 1. The Bertz CT molecular complexity index is 979. The molecule has 4 rings (SSSR count). The molecule has 0 unspecified atom stereocenters. The Morgan fingerprint density at radius 3 is 2.81 bits per heavy atom. The summed E-state index contributed by atoms with van der Waals surface area (Å²) in [5.74, 6) is -0.678. The number of carbonyl (C=O) groups is 1. The van der Waals surface area contributed by atoms with Crippen LogP contribution in [0.15, 0.2) is 42.6 Å². The van der Waals surface area contributed by atoms with E-state index in [4.69, 9.17) is 5.11 Å². The number of alkyl halides is 1. The summed E-state index contributed by atoms with van der Waals surface area (Å²) in [4.78, 5) is 17.1. The second kappa shape index (κ2) is 6.65. The van der Waals surface area contributed by atoms with Gasteiger partial charge in [0.15, 0.2) is 5.78 Å². The van der Waals surface area contributed by atoms with E-state index in [0.717, 1.165) is 23.1 Å². The molecule has 3 aromatic rings. The summed E-state index contributed by atoms with van der Waals surface area (Å²) < 4.78 is 15.2. The highest BCUT2D eigenvalue weighted by Gasteiger charge is 2.45. The predicted molar refractivity (Wildman–Crippen MR) is 98.1 cm³/mol. The van der Waals surface area contributed by atoms with Crippen molar-refractivity contribution in [2.45, 2.75) is 32.4 Å². The molecule has 1 N–H and O–H groups in total. The number of halogens is 1. The Morgan fingerprint density at radius 1 is 1.31 bits per heavy atom. The molecule has 1 aliphatic carbocycles. The van der Waals surface area contributed by atoms with Crippen molar-refractivity contribution in [1.29, 1.82) is 0 Å². The quantitative estimate of drug-likeness (QED) is 0.687. The number of nitrogens with zero attached hydrogens (tertiary/aromatic N) is 2. The Balaban J connectivity index is 1.80. The number of aromatic nitrogens is 2. The highest BCUT2D eigenvalue weighted by molar-refractivity contribution is 6.00. The summed E-state index contributed by atoms with van der Waals surface area (Å²) in [7, 11) is 0. The Hall–Kier alpha value is -2.53. The van der Waals surface area contributed by atoms with E-state index in [2.05, 4.69) is 11.1 Å². The first kappa shape index (κ1) is 16.9. The van der Waals surface area contributed by atoms with Gasteiger partial charge in [-0.1, -0.05) is 24.3 Å². The summed E-state index contributed by atoms with van der Waals surface area (Å²) in [5, 5.41) is 9.13. The number of aryl methyl sites for hydroxylation is 2. The first-order valence-electron chi connectivity index (χ1n) is 8.96. The molecule has 134 valence electrons. The van der Waals surface area contributed by atoms with E-state index < -0.39 is 12.1 Å². The first-order valence-corrected chi connectivity index (χ1v) is 8.96. The van der Waals surface area contributed by atoms with Crippen molar-refractivity contribution in [2.24, 2.45) is 5.92 Å². The van der Waals surface area contributed by atoms with Gasteiger partial charge in [-0.3, -0.25) is 9.20 Å². The van der Waals surface area contributed by atoms with E-state index in [-0.39, 0.29) is 12.4 Å². The minimum Gasteiger partial charge on any atom is -0.396 e. The van der Waals surface area contributed by atoms with Gasteiger partial charge in [-0.25, -0.2) is 9.37 Å². The summed E-state index contributed by atoms with van der Waals surface area (Å²) in [6, 6.07) is 11.9. The van der Waals surface area contributed by atoms with Gasteiger partial charge < -0.3 is 5.11 Å². The third-order valence-corrected chi connectivity index (χ3v) is 5.01. The SMILES string of the molecule is Cc1nc2ccc(-c3ccccc3CCCO)cn2c1C(=O)[C@@H]1C[C@@H]1F. The van der Waals surface area contributed by atoms with Crippen LogP contribution in [0.4, 0.5) is 4.39 Å². The summed E-state index contributed by atoms with van der Waals surface area (Å²) in [6.45, 7) is 1.95. The van der Waals surface area contributed by atoms with E-state index in [1.165, 1.54) is 0 Å². The normalized spacial score (nSPS) is 19.0. The monoisotopic (exact) mass is 352 g/mol. The van der Waals surface area contributed by atoms with E-state index in [0.29, 0.717) is 29.9 Å². The summed E-state index contributed by atoms with van der Waals surface area (Å²) in [6.07, 6.45) is 2.69. The molecule has 2 heterocycles. The van der Waals surface area contributed by atoms with Gasteiger partial charge in [0.2, 0.25) is 0 Å². The van der Waals surface area contributed by atoms with E-state index in [9.17, 15) is 9.18 Å². The van der Waals surface area contributed by atoms with Crippen LogP contribution in [0.2, 0.25) is 0 Å². The average molecular weight is 352 g/mol. The number of Topliss-reactive ketones (excluding diaryl/α,β-unsaturated/α-hetero) is 1. The second-order valence-corrected chi connectivity index (χ2v) is 6.90. The molecule has 0 aliphatic heterocycles. The molecule has 0 saturated heterocycles. The van der Waals surface area contributed by atoms with Crippen LogP contribution in [0, 0.1) is 12.8 Å². The number of pyridine rings is 1. The second-order valence-electron chi connectivity index (χ2n) is 6.90. The number of rotatable bonds is 6. The molecular weight excluding hydrogens is 331 g/mol. The van der Waals surface area contributed by atoms with Crippen LogP contribution in [-0.2, 0) is 6.42 Å². The average Bonchev–Trinajstić information content (AvgIpc) is 3.28. The minimum atomic E-state index is -1.02. The molecular formula is C21H21FN2O2. The fourth-order valence-electron chi connectivity index (χ4n) is 3.52. The Kier molecular flexibility index (Phi) is 4.32. The fourth-order valence-corrected chi connectivity index (χ4v) is 3.52. The number of ketones is 1. The lowest BCUT2D eigenvalue weighted by Gasteiger charge is -2.10. The third-order valence-electron chi connectivity index (χ3n) is 5.01. The van der Waals surface area contributed by atoms with Crippen LogP contribution in [0.5, 0.6) is 0 Å². The van der Waals surface area contributed by atoms with Crippen molar-refractivity contribution in [3.05, 3.63) is 59.5 Å². The van der Waals surface area contributed by atoms with Crippen molar-refractivity contribution in [1.82, 2.24) is 9.38 Å². The fraction of sp³-hybridized carbons (Fsp3) is 0.333. The van der Waals surface area contributed by atoms with Gasteiger partial charge in [-0.15, -0.1) is 0 Å². The number of hydrogen-bond acceptors (Lipinski definition) is 3. The van der Waals surface area contributed by atoms with E-state index >= 15 is 0 Å². The molecule has 26 heavy (non-hydrogen) atoms. The maximum Gasteiger partial charge on any atom is 0.187 e. The van der Waals surface area contributed by atoms with Crippen LogP contribution in [0.3, 0.4) is 0 Å². The van der Waals surface area contributed by atoms with Gasteiger partial charge in [0, 0.05) is 12.8 Å². The third kappa shape index (κ3) is 2.92. The van der Waals surface area contributed by atoms with Gasteiger partial charge in [-0.05, 0) is 55.0 Å². The van der Waals surface area contributed by atoms with E-state index in [1.807, 2.05) is 36.5 Å². The van der Waals surface area contributed by atoms with Gasteiger partial charge in [0.1, 0.15) is 17.5 Å². The predicted octanol–water partition coefficient (Wildman–Crippen LogP) is 3.78. The van der Waals surface area contributed by atoms with Gasteiger partial charge >= 0.3 is 0 Å². The van der Waals surface area contributed by atoms with Crippen molar-refractivity contribution < 1.29 is 14.3 Å².